The summed E-state index contributed by atoms with van der Waals surface area (Å²) in [5.74, 6) is 0. The van der Waals surface area contributed by atoms with E-state index in [1.165, 1.54) is 5.57 Å². The van der Waals surface area contributed by atoms with Gasteiger partial charge >= 0.3 is 0 Å². The summed E-state index contributed by atoms with van der Waals surface area (Å²) in [5.41, 5.74) is 2.32. The Balaban J connectivity index is 2.61. The molecule has 0 bridgehead atoms. The van der Waals surface area contributed by atoms with E-state index in [0.717, 1.165) is 18.7 Å². The van der Waals surface area contributed by atoms with Crippen LogP contribution >= 0.6 is 0 Å². The van der Waals surface area contributed by atoms with E-state index in [9.17, 15) is 0 Å². The molecular weight excluding hydrogens is 110 g/mol. The summed E-state index contributed by atoms with van der Waals surface area (Å²) in [6.45, 7) is 6.66. The maximum Gasteiger partial charge on any atom is 0.0412 e. The van der Waals surface area contributed by atoms with Crippen LogP contribution in [-0.4, -0.2) is 12.3 Å². The van der Waals surface area contributed by atoms with Gasteiger partial charge < -0.3 is 0 Å². The van der Waals surface area contributed by atoms with E-state index >= 15 is 0 Å². The predicted octanol–water partition coefficient (Wildman–Crippen LogP) is 1.82. The van der Waals surface area contributed by atoms with Crippen LogP contribution in [0.15, 0.2) is 16.6 Å². The third-order valence-electron chi connectivity index (χ3n) is 1.46. The largest absolute Gasteiger partial charge is 0.289 e. The Bertz CT molecular complexity index is 154. The van der Waals surface area contributed by atoms with Crippen LogP contribution in [0.5, 0.6) is 0 Å². The molecule has 0 saturated heterocycles. The lowest BCUT2D eigenvalue weighted by molar-refractivity contribution is 1.04. The molecule has 1 heterocycles. The topological polar surface area (TPSA) is 12.4 Å². The highest BCUT2D eigenvalue weighted by atomic mass is 14.8. The summed E-state index contributed by atoms with van der Waals surface area (Å²) in [6, 6.07) is 0. The van der Waals surface area contributed by atoms with Gasteiger partial charge in [0.25, 0.3) is 0 Å². The summed E-state index contributed by atoms with van der Waals surface area (Å²) in [5, 5.41) is 0. The van der Waals surface area contributed by atoms with Crippen LogP contribution in [0.2, 0.25) is 0 Å². The number of hydrogen-bond acceptors (Lipinski definition) is 1. The second-order valence-corrected chi connectivity index (χ2v) is 2.15. The van der Waals surface area contributed by atoms with Crippen LogP contribution < -0.4 is 0 Å². The van der Waals surface area contributed by atoms with Gasteiger partial charge in [-0.25, -0.2) is 0 Å². The fourth-order valence-electron chi connectivity index (χ4n) is 0.841. The third kappa shape index (κ3) is 1.41. The molecule has 0 N–H and O–H groups in total. The van der Waals surface area contributed by atoms with Crippen molar-refractivity contribution < 1.29 is 0 Å². The van der Waals surface area contributed by atoms with E-state index in [1.54, 1.807) is 0 Å². The Kier molecular flexibility index (Phi) is 2.04. The second kappa shape index (κ2) is 2.81. The van der Waals surface area contributed by atoms with Crippen molar-refractivity contribution in [1.29, 1.82) is 0 Å². The van der Waals surface area contributed by atoms with Crippen LogP contribution in [0.3, 0.4) is 0 Å². The highest BCUT2D eigenvalue weighted by Gasteiger charge is 2.06. The molecule has 0 unspecified atom stereocenters. The van der Waals surface area contributed by atoms with Crippen molar-refractivity contribution in [2.24, 2.45) is 4.99 Å². The summed E-state index contributed by atoms with van der Waals surface area (Å²) in [7, 11) is 0. The van der Waals surface area contributed by atoms with Gasteiger partial charge in [-0.2, -0.15) is 0 Å². The van der Waals surface area contributed by atoms with E-state index in [0.29, 0.717) is 0 Å². The normalized spacial score (nSPS) is 20.2. The van der Waals surface area contributed by atoms with Crippen molar-refractivity contribution >= 4 is 5.71 Å². The lowest BCUT2D eigenvalue weighted by Gasteiger charge is -1.95. The fourth-order valence-corrected chi connectivity index (χ4v) is 0.841. The molecule has 0 fully saturated rings. The molecule has 9 heavy (non-hydrogen) atoms. The smallest absolute Gasteiger partial charge is 0.0412 e. The zero-order valence-corrected chi connectivity index (χ0v) is 5.72. The molecule has 0 aromatic heterocycles. The van der Waals surface area contributed by atoms with Gasteiger partial charge in [0.15, 0.2) is 0 Å². The maximum absolute atomic E-state index is 4.26. The predicted molar refractivity (Wildman–Crippen MR) is 40.3 cm³/mol. The zero-order chi connectivity index (χ0) is 6.69. The molecule has 0 aromatic rings. The number of allylic oxidation sites excluding steroid dienone is 2. The Labute approximate surface area is 56.5 Å². The third-order valence-corrected chi connectivity index (χ3v) is 1.46. The number of rotatable bonds is 1. The Morgan fingerprint density at radius 2 is 2.67 bits per heavy atom. The van der Waals surface area contributed by atoms with Gasteiger partial charge in [-0.15, -0.1) is 0 Å². The summed E-state index contributed by atoms with van der Waals surface area (Å²) >= 11 is 0. The minimum absolute atomic E-state index is 0.959. The van der Waals surface area contributed by atoms with Crippen molar-refractivity contribution in [3.8, 4) is 0 Å². The average molecular weight is 121 g/mol. The van der Waals surface area contributed by atoms with Crippen molar-refractivity contribution in [2.45, 2.75) is 13.3 Å². The minimum Gasteiger partial charge on any atom is -0.289 e. The fraction of sp³-hybridized carbons (Fsp3) is 0.375. The van der Waals surface area contributed by atoms with Crippen molar-refractivity contribution in [3.05, 3.63) is 25.0 Å². The van der Waals surface area contributed by atoms with Crippen LogP contribution in [0.1, 0.15) is 13.3 Å². The molecule has 1 heteroatoms. The second-order valence-electron chi connectivity index (χ2n) is 2.15. The summed E-state index contributed by atoms with van der Waals surface area (Å²) < 4.78 is 0. The first-order valence-corrected chi connectivity index (χ1v) is 3.18. The number of aliphatic imine (C=N–C) groups is 1. The first-order valence-electron chi connectivity index (χ1n) is 3.18. The highest BCUT2D eigenvalue weighted by molar-refractivity contribution is 6.06. The standard InChI is InChI=1S/C8H11N/c1-3-7(2)8-5-4-6-9-8/h3,5H,1,4,6H2,2H3/b7-3+. The van der Waals surface area contributed by atoms with Gasteiger partial charge in [0.05, 0.1) is 0 Å². The molecule has 0 aromatic carbocycles. The van der Waals surface area contributed by atoms with E-state index in [-0.39, 0.29) is 0 Å². The first kappa shape index (κ1) is 6.53. The Morgan fingerprint density at radius 3 is 3.11 bits per heavy atom. The molecule has 2 radical (unpaired) electrons. The molecule has 0 aliphatic carbocycles. The molecule has 1 rings (SSSR count). The lowest BCUT2D eigenvalue weighted by Crippen LogP contribution is -1.94. The highest BCUT2D eigenvalue weighted by Crippen LogP contribution is 2.09. The van der Waals surface area contributed by atoms with Crippen molar-refractivity contribution in [1.82, 2.24) is 0 Å². The number of hydrogen-bond donors (Lipinski definition) is 0. The van der Waals surface area contributed by atoms with Crippen LogP contribution in [0.4, 0.5) is 0 Å². The average Bonchev–Trinajstić information content (AvgIpc) is 2.37. The van der Waals surface area contributed by atoms with Gasteiger partial charge in [0.1, 0.15) is 0 Å². The van der Waals surface area contributed by atoms with E-state index in [1.807, 2.05) is 13.0 Å². The zero-order valence-electron chi connectivity index (χ0n) is 5.72. The maximum atomic E-state index is 4.26. The minimum atomic E-state index is 0.959. The number of nitrogens with zero attached hydrogens (tertiary/aromatic N) is 1. The summed E-state index contributed by atoms with van der Waals surface area (Å²) in [4.78, 5) is 4.26. The van der Waals surface area contributed by atoms with Gasteiger partial charge in [0.2, 0.25) is 0 Å². The first-order chi connectivity index (χ1) is 4.34. The Hall–Kier alpha value is -0.590. The SMILES string of the molecule is [CH2]/C=C(\C)C1=NCC[CH]1. The molecule has 1 aliphatic heterocycles. The van der Waals surface area contributed by atoms with Crippen molar-refractivity contribution in [3.63, 3.8) is 0 Å². The van der Waals surface area contributed by atoms with Gasteiger partial charge in [-0.1, -0.05) is 6.08 Å². The van der Waals surface area contributed by atoms with Gasteiger partial charge in [-0.3, -0.25) is 4.99 Å². The van der Waals surface area contributed by atoms with Crippen LogP contribution in [0.25, 0.3) is 0 Å². The van der Waals surface area contributed by atoms with Crippen LogP contribution in [0, 0.1) is 13.3 Å². The van der Waals surface area contributed by atoms with E-state index in [2.05, 4.69) is 18.3 Å². The molecule has 0 saturated carbocycles. The molecule has 48 valence electrons. The molecular formula is C8H11N. The van der Waals surface area contributed by atoms with Gasteiger partial charge in [-0.05, 0) is 25.8 Å². The summed E-state index contributed by atoms with van der Waals surface area (Å²) in [6.07, 6.45) is 5.10. The quantitative estimate of drug-likeness (QED) is 0.501. The van der Waals surface area contributed by atoms with Crippen LogP contribution in [-0.2, 0) is 0 Å². The van der Waals surface area contributed by atoms with Gasteiger partial charge in [0, 0.05) is 18.7 Å². The lowest BCUT2D eigenvalue weighted by atomic mass is 10.1. The van der Waals surface area contributed by atoms with E-state index < -0.39 is 0 Å². The molecule has 0 atom stereocenters. The molecule has 1 nitrogen and oxygen atoms in total. The van der Waals surface area contributed by atoms with Crippen molar-refractivity contribution in [2.75, 3.05) is 6.54 Å². The Morgan fingerprint density at radius 1 is 1.89 bits per heavy atom. The van der Waals surface area contributed by atoms with E-state index in [4.69, 9.17) is 0 Å². The monoisotopic (exact) mass is 121 g/mol. The molecule has 0 amide bonds. The molecule has 0 spiro atoms. The molecule has 1 aliphatic rings.